The lowest BCUT2D eigenvalue weighted by atomic mass is 9.87. The first-order chi connectivity index (χ1) is 7.25. The van der Waals surface area contributed by atoms with Crippen LogP contribution >= 0.6 is 0 Å². The monoisotopic (exact) mass is 204 g/mol. The number of nitrogens with zero attached hydrogens (tertiary/aromatic N) is 1. The van der Waals surface area contributed by atoms with Gasteiger partial charge in [0.05, 0.1) is 11.9 Å². The largest absolute Gasteiger partial charge is 0.381 e. The van der Waals surface area contributed by atoms with Gasteiger partial charge in [0, 0.05) is 12.2 Å². The molecule has 2 nitrogen and oxygen atoms in total. The van der Waals surface area contributed by atoms with Gasteiger partial charge in [0.15, 0.2) is 0 Å². The Morgan fingerprint density at radius 2 is 2.27 bits per heavy atom. The van der Waals surface area contributed by atoms with Crippen LogP contribution in [0.4, 0.5) is 5.69 Å². The minimum Gasteiger partial charge on any atom is -0.381 e. The fraction of sp³-hybridized carbons (Fsp3) is 0.615. The van der Waals surface area contributed by atoms with Crippen LogP contribution in [-0.2, 0) is 0 Å². The highest BCUT2D eigenvalue weighted by atomic mass is 14.9. The maximum Gasteiger partial charge on any atom is 0.0558 e. The number of hydrogen-bond donors (Lipinski definition) is 1. The summed E-state index contributed by atoms with van der Waals surface area (Å²) in [6, 6.07) is 2.71. The zero-order valence-electron chi connectivity index (χ0n) is 9.66. The highest BCUT2D eigenvalue weighted by Gasteiger charge is 2.18. The Morgan fingerprint density at radius 3 is 3.00 bits per heavy atom. The van der Waals surface area contributed by atoms with Gasteiger partial charge in [0.2, 0.25) is 0 Å². The third kappa shape index (κ3) is 2.71. The zero-order chi connectivity index (χ0) is 10.7. The second-order valence-electron chi connectivity index (χ2n) is 4.80. The molecule has 0 radical (unpaired) electrons. The van der Waals surface area contributed by atoms with Crippen LogP contribution < -0.4 is 5.32 Å². The predicted molar refractivity (Wildman–Crippen MR) is 64.0 cm³/mol. The van der Waals surface area contributed by atoms with E-state index in [1.165, 1.54) is 36.9 Å². The van der Waals surface area contributed by atoms with E-state index in [-0.39, 0.29) is 0 Å². The topological polar surface area (TPSA) is 24.9 Å². The van der Waals surface area contributed by atoms with E-state index in [1.807, 2.05) is 12.4 Å². The van der Waals surface area contributed by atoms with Crippen molar-refractivity contribution in [3.8, 4) is 0 Å². The number of hydrogen-bond acceptors (Lipinski definition) is 2. The molecule has 2 atom stereocenters. The zero-order valence-corrected chi connectivity index (χ0v) is 9.66. The summed E-state index contributed by atoms with van der Waals surface area (Å²) >= 11 is 0. The molecule has 1 N–H and O–H groups in total. The van der Waals surface area contributed by atoms with Gasteiger partial charge >= 0.3 is 0 Å². The molecule has 1 aliphatic carbocycles. The lowest BCUT2D eigenvalue weighted by Crippen LogP contribution is -2.26. The van der Waals surface area contributed by atoms with E-state index >= 15 is 0 Å². The highest BCUT2D eigenvalue weighted by Crippen LogP contribution is 2.26. The number of pyridine rings is 1. The second kappa shape index (κ2) is 4.65. The SMILES string of the molecule is Cc1ccncc1N[C@H]1CCC[C@H](C)C1. The summed E-state index contributed by atoms with van der Waals surface area (Å²) in [6.07, 6.45) is 9.15. The van der Waals surface area contributed by atoms with Crippen LogP contribution in [0.15, 0.2) is 18.5 Å². The van der Waals surface area contributed by atoms with Crippen LogP contribution in [0.3, 0.4) is 0 Å². The lowest BCUT2D eigenvalue weighted by Gasteiger charge is -2.28. The Kier molecular flexibility index (Phi) is 3.24. The van der Waals surface area contributed by atoms with Gasteiger partial charge < -0.3 is 5.32 Å². The van der Waals surface area contributed by atoms with Crippen LogP contribution in [-0.4, -0.2) is 11.0 Å². The van der Waals surface area contributed by atoms with Crippen LogP contribution in [0.2, 0.25) is 0 Å². The quantitative estimate of drug-likeness (QED) is 0.798. The van der Waals surface area contributed by atoms with Gasteiger partial charge in [-0.1, -0.05) is 19.8 Å². The molecule has 15 heavy (non-hydrogen) atoms. The summed E-state index contributed by atoms with van der Waals surface area (Å²) in [5, 5.41) is 3.62. The molecule has 1 fully saturated rings. The van der Waals surface area contributed by atoms with Gasteiger partial charge in [0.25, 0.3) is 0 Å². The standard InChI is InChI=1S/C13H20N2/c1-10-4-3-5-12(8-10)15-13-9-14-7-6-11(13)2/h6-7,9-10,12,15H,3-5,8H2,1-2H3/t10-,12-/m0/s1. The second-order valence-corrected chi connectivity index (χ2v) is 4.80. The van der Waals surface area contributed by atoms with Gasteiger partial charge in [-0.3, -0.25) is 4.98 Å². The van der Waals surface area contributed by atoms with Crippen LogP contribution in [0, 0.1) is 12.8 Å². The van der Waals surface area contributed by atoms with Crippen LogP contribution in [0.25, 0.3) is 0 Å². The summed E-state index contributed by atoms with van der Waals surface area (Å²) in [5.41, 5.74) is 2.50. The Morgan fingerprint density at radius 1 is 1.40 bits per heavy atom. The van der Waals surface area contributed by atoms with E-state index in [9.17, 15) is 0 Å². The Balaban J connectivity index is 1.99. The van der Waals surface area contributed by atoms with Crippen LogP contribution in [0.5, 0.6) is 0 Å². The molecular formula is C13H20N2. The lowest BCUT2D eigenvalue weighted by molar-refractivity contribution is 0.358. The maximum atomic E-state index is 4.17. The molecule has 1 aromatic rings. The normalized spacial score (nSPS) is 26.3. The van der Waals surface area contributed by atoms with Crippen molar-refractivity contribution in [2.45, 2.75) is 45.6 Å². The first-order valence-corrected chi connectivity index (χ1v) is 5.93. The molecule has 2 heteroatoms. The number of aryl methyl sites for hydroxylation is 1. The Labute approximate surface area is 92.1 Å². The summed E-state index contributed by atoms with van der Waals surface area (Å²) in [4.78, 5) is 4.17. The van der Waals surface area contributed by atoms with Crippen molar-refractivity contribution in [1.82, 2.24) is 4.98 Å². The van der Waals surface area contributed by atoms with Crippen molar-refractivity contribution < 1.29 is 0 Å². The van der Waals surface area contributed by atoms with Crippen molar-refractivity contribution in [2.24, 2.45) is 5.92 Å². The first kappa shape index (κ1) is 10.5. The Hall–Kier alpha value is -1.05. The minimum absolute atomic E-state index is 0.650. The summed E-state index contributed by atoms with van der Waals surface area (Å²) in [7, 11) is 0. The van der Waals surface area contributed by atoms with Crippen LogP contribution in [0.1, 0.15) is 38.2 Å². The third-order valence-electron chi connectivity index (χ3n) is 3.34. The fourth-order valence-electron chi connectivity index (χ4n) is 2.40. The van der Waals surface area contributed by atoms with Gasteiger partial charge in [-0.2, -0.15) is 0 Å². The molecule has 2 rings (SSSR count). The first-order valence-electron chi connectivity index (χ1n) is 5.93. The molecule has 0 amide bonds. The van der Waals surface area contributed by atoms with E-state index in [4.69, 9.17) is 0 Å². The molecule has 1 heterocycles. The average molecular weight is 204 g/mol. The molecule has 0 saturated heterocycles. The van der Waals surface area contributed by atoms with E-state index in [2.05, 4.69) is 30.2 Å². The number of anilines is 1. The van der Waals surface area contributed by atoms with Crippen molar-refractivity contribution in [2.75, 3.05) is 5.32 Å². The molecule has 82 valence electrons. The smallest absolute Gasteiger partial charge is 0.0558 e. The van der Waals surface area contributed by atoms with Gasteiger partial charge in [0.1, 0.15) is 0 Å². The molecule has 0 aromatic carbocycles. The molecule has 0 bridgehead atoms. The molecule has 1 aromatic heterocycles. The van der Waals surface area contributed by atoms with E-state index in [0.29, 0.717) is 6.04 Å². The van der Waals surface area contributed by atoms with Gasteiger partial charge in [-0.25, -0.2) is 0 Å². The van der Waals surface area contributed by atoms with E-state index in [1.54, 1.807) is 0 Å². The van der Waals surface area contributed by atoms with Crippen molar-refractivity contribution in [3.63, 3.8) is 0 Å². The van der Waals surface area contributed by atoms with E-state index in [0.717, 1.165) is 5.92 Å². The summed E-state index contributed by atoms with van der Waals surface area (Å²) < 4.78 is 0. The molecular weight excluding hydrogens is 184 g/mol. The molecule has 1 aliphatic rings. The molecule has 1 saturated carbocycles. The molecule has 0 unspecified atom stereocenters. The Bertz CT molecular complexity index is 322. The number of nitrogens with one attached hydrogen (secondary N) is 1. The maximum absolute atomic E-state index is 4.17. The summed E-state index contributed by atoms with van der Waals surface area (Å²) in [5.74, 6) is 0.869. The van der Waals surface area contributed by atoms with E-state index < -0.39 is 0 Å². The molecule has 0 spiro atoms. The predicted octanol–water partition coefficient (Wildman–Crippen LogP) is 3.38. The average Bonchev–Trinajstić information content (AvgIpc) is 2.22. The fourth-order valence-corrected chi connectivity index (χ4v) is 2.40. The molecule has 0 aliphatic heterocycles. The van der Waals surface area contributed by atoms with Crippen molar-refractivity contribution in [1.29, 1.82) is 0 Å². The number of aromatic nitrogens is 1. The third-order valence-corrected chi connectivity index (χ3v) is 3.34. The minimum atomic E-state index is 0.650. The number of rotatable bonds is 2. The van der Waals surface area contributed by atoms with Crippen molar-refractivity contribution >= 4 is 5.69 Å². The summed E-state index contributed by atoms with van der Waals surface area (Å²) in [6.45, 7) is 4.49. The van der Waals surface area contributed by atoms with Crippen molar-refractivity contribution in [3.05, 3.63) is 24.0 Å². The van der Waals surface area contributed by atoms with Gasteiger partial charge in [-0.05, 0) is 37.3 Å². The van der Waals surface area contributed by atoms with Gasteiger partial charge in [-0.15, -0.1) is 0 Å². The highest BCUT2D eigenvalue weighted by molar-refractivity contribution is 5.48.